The predicted molar refractivity (Wildman–Crippen MR) is 121 cm³/mol. The second-order valence-electron chi connectivity index (χ2n) is 7.52. The van der Waals surface area contributed by atoms with Crippen molar-refractivity contribution in [3.8, 4) is 5.75 Å². The first-order chi connectivity index (χ1) is 15.0. The van der Waals surface area contributed by atoms with E-state index < -0.39 is 12.0 Å². The van der Waals surface area contributed by atoms with Gasteiger partial charge in [0.2, 0.25) is 5.91 Å². The van der Waals surface area contributed by atoms with Crippen molar-refractivity contribution < 1.29 is 23.8 Å². The van der Waals surface area contributed by atoms with Gasteiger partial charge in [-0.15, -0.1) is 0 Å². The molecule has 3 rings (SSSR count). The SMILES string of the molecule is CCCCCOc1ccc(C2C(C(=O)OCCOC)=C(C)N=C3SC(C)C(=O)N32)cc1. The van der Waals surface area contributed by atoms with Crippen LogP contribution in [0.4, 0.5) is 0 Å². The van der Waals surface area contributed by atoms with E-state index in [0.717, 1.165) is 30.6 Å². The van der Waals surface area contributed by atoms with Crippen molar-refractivity contribution in [3.05, 3.63) is 41.1 Å². The number of benzene rings is 1. The predicted octanol–water partition coefficient (Wildman–Crippen LogP) is 4.09. The first kappa shape index (κ1) is 23.3. The molecule has 1 fully saturated rings. The number of nitrogens with zero attached hydrogens (tertiary/aromatic N) is 2. The minimum absolute atomic E-state index is 0.0664. The third-order valence-corrected chi connectivity index (χ3v) is 6.27. The van der Waals surface area contributed by atoms with Crippen LogP contribution in [0.5, 0.6) is 5.75 Å². The zero-order valence-electron chi connectivity index (χ0n) is 18.6. The maximum absolute atomic E-state index is 12.9. The number of allylic oxidation sites excluding steroid dienone is 1. The number of thioether (sulfide) groups is 1. The van der Waals surface area contributed by atoms with Gasteiger partial charge in [0.15, 0.2) is 5.17 Å². The topological polar surface area (TPSA) is 77.4 Å². The summed E-state index contributed by atoms with van der Waals surface area (Å²) in [6, 6.07) is 6.99. The molecule has 0 aromatic heterocycles. The first-order valence-corrected chi connectivity index (χ1v) is 11.5. The number of fused-ring (bicyclic) bond motifs is 1. The van der Waals surface area contributed by atoms with Gasteiger partial charge in [-0.2, -0.15) is 0 Å². The third-order valence-electron chi connectivity index (χ3n) is 5.21. The normalized spacial score (nSPS) is 20.6. The molecule has 2 unspecified atom stereocenters. The number of amidine groups is 1. The molecule has 1 aromatic rings. The van der Waals surface area contributed by atoms with Gasteiger partial charge in [-0.3, -0.25) is 9.69 Å². The molecular formula is C23H30N2O5S. The van der Waals surface area contributed by atoms with Crippen molar-refractivity contribution in [1.82, 2.24) is 4.90 Å². The van der Waals surface area contributed by atoms with E-state index in [-0.39, 0.29) is 17.8 Å². The summed E-state index contributed by atoms with van der Waals surface area (Å²) in [7, 11) is 1.55. The van der Waals surface area contributed by atoms with E-state index in [1.165, 1.54) is 11.8 Å². The molecule has 7 nitrogen and oxygen atoms in total. The van der Waals surface area contributed by atoms with Gasteiger partial charge in [0, 0.05) is 7.11 Å². The van der Waals surface area contributed by atoms with E-state index in [4.69, 9.17) is 14.2 Å². The van der Waals surface area contributed by atoms with Crippen LogP contribution in [-0.4, -0.2) is 54.1 Å². The Morgan fingerprint density at radius 2 is 1.90 bits per heavy atom. The molecular weight excluding hydrogens is 416 g/mol. The molecule has 1 amide bonds. The van der Waals surface area contributed by atoms with Crippen molar-refractivity contribution in [2.75, 3.05) is 26.9 Å². The van der Waals surface area contributed by atoms with Crippen LogP contribution in [0, 0.1) is 0 Å². The van der Waals surface area contributed by atoms with E-state index in [0.29, 0.717) is 29.7 Å². The van der Waals surface area contributed by atoms with E-state index in [1.807, 2.05) is 31.2 Å². The molecule has 168 valence electrons. The van der Waals surface area contributed by atoms with Crippen molar-refractivity contribution in [3.63, 3.8) is 0 Å². The largest absolute Gasteiger partial charge is 0.494 e. The molecule has 0 spiro atoms. The van der Waals surface area contributed by atoms with E-state index in [1.54, 1.807) is 18.9 Å². The highest BCUT2D eigenvalue weighted by Gasteiger charge is 2.46. The Bertz CT molecular complexity index is 865. The van der Waals surface area contributed by atoms with Crippen LogP contribution >= 0.6 is 11.8 Å². The molecule has 2 aliphatic rings. The van der Waals surface area contributed by atoms with Gasteiger partial charge in [0.05, 0.1) is 35.8 Å². The Hall–Kier alpha value is -2.32. The second kappa shape index (κ2) is 10.8. The maximum Gasteiger partial charge on any atom is 0.338 e. The number of hydrogen-bond acceptors (Lipinski definition) is 7. The van der Waals surface area contributed by atoms with Crippen LogP contribution in [0.25, 0.3) is 0 Å². The van der Waals surface area contributed by atoms with Crippen molar-refractivity contribution >= 4 is 28.8 Å². The van der Waals surface area contributed by atoms with E-state index >= 15 is 0 Å². The van der Waals surface area contributed by atoms with Crippen LogP contribution < -0.4 is 4.74 Å². The molecule has 0 bridgehead atoms. The molecule has 8 heteroatoms. The number of hydrogen-bond donors (Lipinski definition) is 0. The molecule has 0 N–H and O–H groups in total. The highest BCUT2D eigenvalue weighted by molar-refractivity contribution is 8.15. The van der Waals surface area contributed by atoms with Gasteiger partial charge in [-0.05, 0) is 38.0 Å². The first-order valence-electron chi connectivity index (χ1n) is 10.7. The van der Waals surface area contributed by atoms with Gasteiger partial charge in [0.25, 0.3) is 0 Å². The standard InChI is InChI=1S/C23H30N2O5S/c1-5-6-7-12-29-18-10-8-17(9-11-18)20-19(22(27)30-14-13-28-4)15(2)24-23-25(20)21(26)16(3)31-23/h8-11,16,20H,5-7,12-14H2,1-4H3. The molecule has 1 aromatic carbocycles. The van der Waals surface area contributed by atoms with Gasteiger partial charge < -0.3 is 14.2 Å². The fourth-order valence-electron chi connectivity index (χ4n) is 3.56. The summed E-state index contributed by atoms with van der Waals surface area (Å²) in [5.41, 5.74) is 1.75. The lowest BCUT2D eigenvalue weighted by molar-refractivity contribution is -0.141. The lowest BCUT2D eigenvalue weighted by atomic mass is 9.94. The Morgan fingerprint density at radius 1 is 1.16 bits per heavy atom. The molecule has 1 saturated heterocycles. The van der Waals surface area contributed by atoms with Crippen LogP contribution in [0.1, 0.15) is 51.6 Å². The molecule has 2 atom stereocenters. The van der Waals surface area contributed by atoms with E-state index in [2.05, 4.69) is 11.9 Å². The van der Waals surface area contributed by atoms with Crippen LogP contribution in [0.15, 0.2) is 40.5 Å². The highest BCUT2D eigenvalue weighted by atomic mass is 32.2. The van der Waals surface area contributed by atoms with Crippen LogP contribution in [0.2, 0.25) is 0 Å². The van der Waals surface area contributed by atoms with Crippen LogP contribution in [0.3, 0.4) is 0 Å². The second-order valence-corrected chi connectivity index (χ2v) is 8.83. The fourth-order valence-corrected chi connectivity index (χ4v) is 4.59. The summed E-state index contributed by atoms with van der Waals surface area (Å²) in [5, 5.41) is 0.368. The smallest absolute Gasteiger partial charge is 0.338 e. The molecule has 31 heavy (non-hydrogen) atoms. The molecule has 0 radical (unpaired) electrons. The molecule has 0 saturated carbocycles. The van der Waals surface area contributed by atoms with E-state index in [9.17, 15) is 9.59 Å². The van der Waals surface area contributed by atoms with Gasteiger partial charge >= 0.3 is 5.97 Å². The number of methoxy groups -OCH3 is 1. The Labute approximate surface area is 187 Å². The quantitative estimate of drug-likeness (QED) is 0.398. The molecule has 2 aliphatic heterocycles. The van der Waals surface area contributed by atoms with Crippen LogP contribution in [-0.2, 0) is 19.1 Å². The number of esters is 1. The number of rotatable bonds is 10. The summed E-state index contributed by atoms with van der Waals surface area (Å²) >= 11 is 1.41. The Morgan fingerprint density at radius 3 is 2.58 bits per heavy atom. The number of amides is 1. The summed E-state index contributed by atoms with van der Waals surface area (Å²) in [5.74, 6) is 0.216. The maximum atomic E-state index is 12.9. The zero-order chi connectivity index (χ0) is 22.4. The Kier molecular flexibility index (Phi) is 8.15. The summed E-state index contributed by atoms with van der Waals surface area (Å²) < 4.78 is 16.2. The summed E-state index contributed by atoms with van der Waals surface area (Å²) in [6.07, 6.45) is 3.29. The number of carbonyl (C=O) groups is 2. The third kappa shape index (κ3) is 5.30. The average Bonchev–Trinajstić information content (AvgIpc) is 3.04. The van der Waals surface area contributed by atoms with Gasteiger partial charge in [-0.25, -0.2) is 9.79 Å². The van der Waals surface area contributed by atoms with Crippen molar-refractivity contribution in [2.24, 2.45) is 4.99 Å². The lowest BCUT2D eigenvalue weighted by Gasteiger charge is -2.33. The van der Waals surface area contributed by atoms with Crippen molar-refractivity contribution in [2.45, 2.75) is 51.3 Å². The average molecular weight is 447 g/mol. The highest BCUT2D eigenvalue weighted by Crippen LogP contribution is 2.43. The fraction of sp³-hybridized carbons (Fsp3) is 0.522. The summed E-state index contributed by atoms with van der Waals surface area (Å²) in [6.45, 7) is 6.90. The molecule has 2 heterocycles. The minimum Gasteiger partial charge on any atom is -0.494 e. The van der Waals surface area contributed by atoms with Crippen molar-refractivity contribution in [1.29, 1.82) is 0 Å². The van der Waals surface area contributed by atoms with Gasteiger partial charge in [0.1, 0.15) is 12.4 Å². The summed E-state index contributed by atoms with van der Waals surface area (Å²) in [4.78, 5) is 32.0. The number of ether oxygens (including phenoxy) is 3. The zero-order valence-corrected chi connectivity index (χ0v) is 19.4. The lowest BCUT2D eigenvalue weighted by Crippen LogP contribution is -2.40. The van der Waals surface area contributed by atoms with Gasteiger partial charge in [-0.1, -0.05) is 43.7 Å². The minimum atomic E-state index is -0.582. The number of unbranched alkanes of at least 4 members (excludes halogenated alkanes) is 2. The monoisotopic (exact) mass is 446 g/mol. The number of carbonyl (C=O) groups excluding carboxylic acids is 2. The molecule has 0 aliphatic carbocycles. The number of aliphatic imine (C=N–C) groups is 1. The Balaban J connectivity index is 1.88.